The third-order valence-corrected chi connectivity index (χ3v) is 6.27. The summed E-state index contributed by atoms with van der Waals surface area (Å²) in [6.45, 7) is 1.99. The lowest BCUT2D eigenvalue weighted by molar-refractivity contribution is -0.138. The quantitative estimate of drug-likeness (QED) is 0.610. The number of carbonyl (C=O) groups is 1. The molecule has 1 unspecified atom stereocenters. The highest BCUT2D eigenvalue weighted by Gasteiger charge is 2.52. The summed E-state index contributed by atoms with van der Waals surface area (Å²) in [5.74, 6) is 0.295. The molecule has 2 aromatic heterocycles. The molecule has 0 radical (unpaired) electrons. The summed E-state index contributed by atoms with van der Waals surface area (Å²) in [5.41, 5.74) is 1.95. The Labute approximate surface area is 181 Å². The monoisotopic (exact) mass is 443 g/mol. The first-order chi connectivity index (χ1) is 15.3. The zero-order chi connectivity index (χ0) is 22.5. The zero-order valence-corrected chi connectivity index (χ0v) is 17.1. The van der Waals surface area contributed by atoms with Crippen LogP contribution in [0.2, 0.25) is 0 Å². The lowest BCUT2D eigenvalue weighted by atomic mass is 9.89. The molecule has 5 rings (SSSR count). The van der Waals surface area contributed by atoms with Crippen LogP contribution < -0.4 is 5.32 Å². The normalized spacial score (nSPS) is 24.7. The van der Waals surface area contributed by atoms with Gasteiger partial charge in [-0.25, -0.2) is 9.97 Å². The number of alkyl halides is 3. The molecule has 2 bridgehead atoms. The number of rotatable bonds is 5. The van der Waals surface area contributed by atoms with Crippen molar-refractivity contribution in [2.75, 3.05) is 5.32 Å². The van der Waals surface area contributed by atoms with E-state index in [0.29, 0.717) is 0 Å². The van der Waals surface area contributed by atoms with Crippen molar-refractivity contribution in [2.24, 2.45) is 5.92 Å². The van der Waals surface area contributed by atoms with Gasteiger partial charge in [-0.3, -0.25) is 4.79 Å². The summed E-state index contributed by atoms with van der Waals surface area (Å²) < 4.78 is 38.3. The zero-order valence-electron chi connectivity index (χ0n) is 17.1. The summed E-state index contributed by atoms with van der Waals surface area (Å²) in [4.78, 5) is 23.1. The van der Waals surface area contributed by atoms with Gasteiger partial charge in [0.05, 0.1) is 35.7 Å². The Hall–Kier alpha value is -3.50. The fourth-order valence-corrected chi connectivity index (χ4v) is 4.94. The van der Waals surface area contributed by atoms with Crippen molar-refractivity contribution in [3.63, 3.8) is 0 Å². The molecule has 11 heteroatoms. The molecule has 0 spiro atoms. The molecule has 1 N–H and O–H groups in total. The van der Waals surface area contributed by atoms with Crippen LogP contribution in [0.5, 0.6) is 0 Å². The van der Waals surface area contributed by atoms with Gasteiger partial charge in [0.15, 0.2) is 0 Å². The van der Waals surface area contributed by atoms with Crippen molar-refractivity contribution >= 4 is 12.4 Å². The van der Waals surface area contributed by atoms with Crippen LogP contribution in [-0.4, -0.2) is 48.4 Å². The third-order valence-electron chi connectivity index (χ3n) is 6.27. The largest absolute Gasteiger partial charge is 0.419 e. The van der Waals surface area contributed by atoms with Crippen molar-refractivity contribution in [2.45, 2.75) is 44.1 Å². The highest BCUT2D eigenvalue weighted by atomic mass is 19.4. The maximum absolute atomic E-state index is 12.8. The van der Waals surface area contributed by atoms with Crippen LogP contribution in [-0.2, 0) is 11.0 Å². The second kappa shape index (κ2) is 7.57. The summed E-state index contributed by atoms with van der Waals surface area (Å²) in [6, 6.07) is 5.62. The number of aryl methyl sites for hydroxylation is 1. The van der Waals surface area contributed by atoms with E-state index in [1.54, 1.807) is 22.1 Å². The van der Waals surface area contributed by atoms with E-state index in [1.807, 2.05) is 25.1 Å². The Morgan fingerprint density at radius 3 is 2.50 bits per heavy atom. The lowest BCUT2D eigenvalue weighted by Gasteiger charge is -2.38. The van der Waals surface area contributed by atoms with Crippen molar-refractivity contribution in [1.29, 1.82) is 0 Å². The Balaban J connectivity index is 1.39. The number of likely N-dealkylation sites (tertiary alicyclic amines) is 1. The molecule has 1 amide bonds. The van der Waals surface area contributed by atoms with Gasteiger partial charge in [0, 0.05) is 24.0 Å². The van der Waals surface area contributed by atoms with Crippen LogP contribution in [0.3, 0.4) is 0 Å². The molecule has 3 aromatic rings. The molecular weight excluding hydrogens is 423 g/mol. The molecule has 1 saturated carbocycles. The second-order valence-corrected chi connectivity index (χ2v) is 8.22. The Bertz CT molecular complexity index is 1120. The minimum atomic E-state index is -4.48. The fourth-order valence-electron chi connectivity index (χ4n) is 4.94. The topological polar surface area (TPSA) is 88.8 Å². The van der Waals surface area contributed by atoms with Gasteiger partial charge in [-0.05, 0) is 37.3 Å². The minimum absolute atomic E-state index is 0.117. The number of piperidine rings is 1. The molecule has 1 aromatic carbocycles. The van der Waals surface area contributed by atoms with Crippen molar-refractivity contribution < 1.29 is 18.0 Å². The smallest absolute Gasteiger partial charge is 0.349 e. The number of hydrogen-bond donors (Lipinski definition) is 1. The van der Waals surface area contributed by atoms with Gasteiger partial charge in [-0.1, -0.05) is 12.1 Å². The van der Waals surface area contributed by atoms with E-state index in [4.69, 9.17) is 0 Å². The first-order valence-electron chi connectivity index (χ1n) is 10.2. The van der Waals surface area contributed by atoms with Gasteiger partial charge >= 0.3 is 6.18 Å². The van der Waals surface area contributed by atoms with Crippen LogP contribution in [0.15, 0.2) is 43.0 Å². The van der Waals surface area contributed by atoms with Crippen molar-refractivity contribution in [1.82, 2.24) is 29.9 Å². The molecule has 1 aliphatic carbocycles. The lowest BCUT2D eigenvalue weighted by Crippen LogP contribution is -2.46. The average Bonchev–Trinajstić information content (AvgIpc) is 3.50. The van der Waals surface area contributed by atoms with E-state index >= 15 is 0 Å². The highest BCUT2D eigenvalue weighted by Crippen LogP contribution is 2.51. The Kier molecular flexibility index (Phi) is 4.83. The molecular formula is C21H20F3N7O. The number of halogens is 3. The highest BCUT2D eigenvalue weighted by molar-refractivity contribution is 5.55. The Morgan fingerprint density at radius 1 is 1.12 bits per heavy atom. The van der Waals surface area contributed by atoms with Crippen LogP contribution in [0.4, 0.5) is 19.1 Å². The summed E-state index contributed by atoms with van der Waals surface area (Å²) >= 11 is 0. The van der Waals surface area contributed by atoms with Gasteiger partial charge in [-0.2, -0.15) is 28.2 Å². The predicted molar refractivity (Wildman–Crippen MR) is 108 cm³/mol. The van der Waals surface area contributed by atoms with E-state index in [-0.39, 0.29) is 30.0 Å². The number of benzene rings is 1. The number of amides is 1. The van der Waals surface area contributed by atoms with Gasteiger partial charge in [0.2, 0.25) is 12.4 Å². The minimum Gasteiger partial charge on any atom is -0.349 e. The number of fused-ring (bicyclic) bond motifs is 2. The van der Waals surface area contributed by atoms with Crippen molar-refractivity contribution in [3.8, 4) is 5.69 Å². The molecule has 3 heterocycles. The summed E-state index contributed by atoms with van der Waals surface area (Å²) in [6.07, 6.45) is 2.61. The Morgan fingerprint density at radius 2 is 1.84 bits per heavy atom. The SMILES string of the molecule is Cc1ccc(C2[C@@H]3C[C@@H](Nc4ncc(C(F)(F)F)cn4)[C@H](C3)N2C=O)c(-n2nccn2)c1. The second-order valence-electron chi connectivity index (χ2n) is 8.22. The number of aromatic nitrogens is 5. The molecule has 1 saturated heterocycles. The van der Waals surface area contributed by atoms with Crippen LogP contribution in [0, 0.1) is 12.8 Å². The summed E-state index contributed by atoms with van der Waals surface area (Å²) in [7, 11) is 0. The van der Waals surface area contributed by atoms with Crippen molar-refractivity contribution in [3.05, 3.63) is 59.7 Å². The van der Waals surface area contributed by atoms with Crippen LogP contribution >= 0.6 is 0 Å². The summed E-state index contributed by atoms with van der Waals surface area (Å²) in [5, 5.41) is 11.6. The maximum Gasteiger partial charge on any atom is 0.419 e. The first-order valence-corrected chi connectivity index (χ1v) is 10.2. The number of hydrogen-bond acceptors (Lipinski definition) is 6. The molecule has 8 nitrogen and oxygen atoms in total. The molecule has 166 valence electrons. The third kappa shape index (κ3) is 3.47. The van der Waals surface area contributed by atoms with E-state index in [0.717, 1.165) is 48.5 Å². The van der Waals surface area contributed by atoms with Gasteiger partial charge < -0.3 is 10.2 Å². The maximum atomic E-state index is 12.8. The number of nitrogens with one attached hydrogen (secondary N) is 1. The molecule has 2 aliphatic rings. The molecule has 4 atom stereocenters. The number of carbonyl (C=O) groups excluding carboxylic acids is 1. The standard InChI is InChI=1S/C21H20F3N7O/c1-12-2-3-15(17(6-12)31-27-4-5-28-31)19-13-7-16(18(8-13)30(19)11-32)29-20-25-9-14(10-26-20)21(22,23)24/h2-6,9-11,13,16,18-19H,7-8H2,1H3,(H,25,26,29)/t13-,16-,18+,19?/m1/s1. The van der Waals surface area contributed by atoms with Gasteiger partial charge in [-0.15, -0.1) is 0 Å². The molecule has 1 aliphatic heterocycles. The predicted octanol–water partition coefficient (Wildman–Crippen LogP) is 3.16. The van der Waals surface area contributed by atoms with E-state index < -0.39 is 11.7 Å². The first kappa shape index (κ1) is 20.4. The number of nitrogens with zero attached hydrogens (tertiary/aromatic N) is 6. The molecule has 32 heavy (non-hydrogen) atoms. The van der Waals surface area contributed by atoms with Gasteiger partial charge in [0.1, 0.15) is 0 Å². The van der Waals surface area contributed by atoms with E-state index in [1.165, 1.54) is 0 Å². The fraction of sp³-hybridized carbons (Fsp3) is 0.381. The van der Waals surface area contributed by atoms with Crippen LogP contribution in [0.1, 0.15) is 35.6 Å². The van der Waals surface area contributed by atoms with E-state index in [2.05, 4.69) is 25.5 Å². The number of anilines is 1. The average molecular weight is 443 g/mol. The van der Waals surface area contributed by atoms with E-state index in [9.17, 15) is 18.0 Å². The molecule has 2 fully saturated rings. The van der Waals surface area contributed by atoms with Gasteiger partial charge in [0.25, 0.3) is 0 Å². The van der Waals surface area contributed by atoms with Crippen LogP contribution in [0.25, 0.3) is 5.69 Å².